The molecule has 0 aromatic heterocycles. The van der Waals surface area contributed by atoms with Crippen LogP contribution in [-0.2, 0) is 6.42 Å². The SMILES string of the molecule is CC(Cc1ccc(Br)cc1)NC(c1ccccc1)C1CC1. The molecule has 2 aromatic rings. The third kappa shape index (κ3) is 4.18. The van der Waals surface area contributed by atoms with Gasteiger partial charge in [-0.15, -0.1) is 0 Å². The molecule has 2 aromatic carbocycles. The molecule has 0 radical (unpaired) electrons. The van der Waals surface area contributed by atoms with E-state index >= 15 is 0 Å². The predicted molar refractivity (Wildman–Crippen MR) is 92.4 cm³/mol. The van der Waals surface area contributed by atoms with E-state index in [1.807, 2.05) is 0 Å². The van der Waals surface area contributed by atoms with E-state index in [9.17, 15) is 0 Å². The van der Waals surface area contributed by atoms with Crippen LogP contribution in [0.3, 0.4) is 0 Å². The molecular formula is C19H22BrN. The summed E-state index contributed by atoms with van der Waals surface area (Å²) in [5.41, 5.74) is 2.82. The Morgan fingerprint density at radius 3 is 2.33 bits per heavy atom. The number of benzene rings is 2. The number of hydrogen-bond acceptors (Lipinski definition) is 1. The van der Waals surface area contributed by atoms with E-state index < -0.39 is 0 Å². The first-order valence-corrected chi connectivity index (χ1v) is 8.57. The number of nitrogens with one attached hydrogen (secondary N) is 1. The lowest BCUT2D eigenvalue weighted by atomic mass is 9.99. The van der Waals surface area contributed by atoms with Crippen LogP contribution in [0.5, 0.6) is 0 Å². The highest BCUT2D eigenvalue weighted by Crippen LogP contribution is 2.41. The van der Waals surface area contributed by atoms with E-state index in [1.54, 1.807) is 0 Å². The molecule has 2 unspecified atom stereocenters. The van der Waals surface area contributed by atoms with E-state index in [1.165, 1.54) is 24.0 Å². The molecule has 1 aliphatic rings. The summed E-state index contributed by atoms with van der Waals surface area (Å²) >= 11 is 3.49. The third-order valence-electron chi connectivity index (χ3n) is 4.17. The lowest BCUT2D eigenvalue weighted by Crippen LogP contribution is -2.33. The minimum Gasteiger partial charge on any atom is -0.307 e. The Kier molecular flexibility index (Phi) is 4.77. The molecule has 1 N–H and O–H groups in total. The largest absolute Gasteiger partial charge is 0.307 e. The van der Waals surface area contributed by atoms with E-state index in [4.69, 9.17) is 0 Å². The smallest absolute Gasteiger partial charge is 0.0351 e. The van der Waals surface area contributed by atoms with E-state index in [2.05, 4.69) is 82.8 Å². The summed E-state index contributed by atoms with van der Waals surface area (Å²) in [7, 11) is 0. The minimum absolute atomic E-state index is 0.483. The number of rotatable bonds is 6. The van der Waals surface area contributed by atoms with E-state index in [0.29, 0.717) is 12.1 Å². The molecule has 0 aliphatic heterocycles. The zero-order chi connectivity index (χ0) is 14.7. The van der Waals surface area contributed by atoms with Crippen molar-refractivity contribution in [2.75, 3.05) is 0 Å². The molecule has 2 atom stereocenters. The molecule has 0 spiro atoms. The molecule has 3 rings (SSSR count). The second kappa shape index (κ2) is 6.76. The van der Waals surface area contributed by atoms with Gasteiger partial charge < -0.3 is 5.32 Å². The fourth-order valence-electron chi connectivity index (χ4n) is 2.93. The van der Waals surface area contributed by atoms with Crippen molar-refractivity contribution in [3.05, 3.63) is 70.2 Å². The standard InChI is InChI=1S/C19H22BrN/c1-14(13-15-7-11-18(20)12-8-15)21-19(17-9-10-17)16-5-3-2-4-6-16/h2-8,11-12,14,17,19,21H,9-10,13H2,1H3. The molecule has 0 amide bonds. The van der Waals surface area contributed by atoms with Gasteiger partial charge in [-0.2, -0.15) is 0 Å². The molecule has 0 bridgehead atoms. The quantitative estimate of drug-likeness (QED) is 0.767. The van der Waals surface area contributed by atoms with Gasteiger partial charge in [-0.3, -0.25) is 0 Å². The lowest BCUT2D eigenvalue weighted by Gasteiger charge is -2.24. The van der Waals surface area contributed by atoms with Gasteiger partial charge in [0.15, 0.2) is 0 Å². The van der Waals surface area contributed by atoms with Gasteiger partial charge in [-0.25, -0.2) is 0 Å². The van der Waals surface area contributed by atoms with Crippen molar-refractivity contribution in [1.29, 1.82) is 0 Å². The lowest BCUT2D eigenvalue weighted by molar-refractivity contribution is 0.417. The van der Waals surface area contributed by atoms with Crippen LogP contribution in [-0.4, -0.2) is 6.04 Å². The zero-order valence-corrected chi connectivity index (χ0v) is 14.0. The summed E-state index contributed by atoms with van der Waals surface area (Å²) in [5.74, 6) is 0.819. The van der Waals surface area contributed by atoms with Crippen LogP contribution < -0.4 is 5.32 Å². The van der Waals surface area contributed by atoms with Crippen LogP contribution in [0, 0.1) is 5.92 Å². The maximum Gasteiger partial charge on any atom is 0.0351 e. The van der Waals surface area contributed by atoms with Gasteiger partial charge in [0.2, 0.25) is 0 Å². The molecule has 1 saturated carbocycles. The topological polar surface area (TPSA) is 12.0 Å². The Bertz CT molecular complexity index is 560. The Morgan fingerprint density at radius 1 is 1.05 bits per heavy atom. The van der Waals surface area contributed by atoms with Crippen molar-refractivity contribution in [3.63, 3.8) is 0 Å². The molecule has 21 heavy (non-hydrogen) atoms. The monoisotopic (exact) mass is 343 g/mol. The maximum absolute atomic E-state index is 3.85. The average molecular weight is 344 g/mol. The van der Waals surface area contributed by atoms with Crippen molar-refractivity contribution in [3.8, 4) is 0 Å². The van der Waals surface area contributed by atoms with Crippen molar-refractivity contribution in [2.24, 2.45) is 5.92 Å². The molecule has 2 heteroatoms. The summed E-state index contributed by atoms with van der Waals surface area (Å²) in [6.45, 7) is 2.29. The van der Waals surface area contributed by atoms with Gasteiger partial charge in [0.25, 0.3) is 0 Å². The zero-order valence-electron chi connectivity index (χ0n) is 12.4. The van der Waals surface area contributed by atoms with Gasteiger partial charge in [-0.05, 0) is 55.4 Å². The highest BCUT2D eigenvalue weighted by molar-refractivity contribution is 9.10. The normalized spacial score (nSPS) is 17.4. The summed E-state index contributed by atoms with van der Waals surface area (Å²) in [6, 6.07) is 20.5. The molecule has 110 valence electrons. The van der Waals surface area contributed by atoms with Gasteiger partial charge in [0.05, 0.1) is 0 Å². The Labute approximate surface area is 135 Å². The average Bonchev–Trinajstić information content (AvgIpc) is 3.33. The van der Waals surface area contributed by atoms with Crippen LogP contribution in [0.2, 0.25) is 0 Å². The highest BCUT2D eigenvalue weighted by atomic mass is 79.9. The van der Waals surface area contributed by atoms with Gasteiger partial charge >= 0.3 is 0 Å². The highest BCUT2D eigenvalue weighted by Gasteiger charge is 2.32. The Balaban J connectivity index is 1.64. The summed E-state index contributed by atoms with van der Waals surface area (Å²) in [6.07, 6.45) is 3.79. The van der Waals surface area contributed by atoms with Gasteiger partial charge in [0, 0.05) is 16.6 Å². The molecule has 0 heterocycles. The fourth-order valence-corrected chi connectivity index (χ4v) is 3.20. The Morgan fingerprint density at radius 2 is 1.71 bits per heavy atom. The first-order valence-electron chi connectivity index (χ1n) is 7.78. The van der Waals surface area contributed by atoms with Crippen LogP contribution >= 0.6 is 15.9 Å². The second-order valence-electron chi connectivity index (χ2n) is 6.12. The van der Waals surface area contributed by atoms with Crippen LogP contribution in [0.15, 0.2) is 59.1 Å². The second-order valence-corrected chi connectivity index (χ2v) is 7.04. The van der Waals surface area contributed by atoms with Gasteiger partial charge in [0.1, 0.15) is 0 Å². The van der Waals surface area contributed by atoms with Crippen LogP contribution in [0.4, 0.5) is 0 Å². The van der Waals surface area contributed by atoms with E-state index in [-0.39, 0.29) is 0 Å². The number of hydrogen-bond donors (Lipinski definition) is 1. The molecule has 1 fully saturated rings. The van der Waals surface area contributed by atoms with Crippen molar-refractivity contribution >= 4 is 15.9 Å². The van der Waals surface area contributed by atoms with Crippen molar-refractivity contribution in [2.45, 2.75) is 38.3 Å². The minimum atomic E-state index is 0.483. The fraction of sp³-hybridized carbons (Fsp3) is 0.368. The molecule has 1 aliphatic carbocycles. The molecular weight excluding hydrogens is 322 g/mol. The van der Waals surface area contributed by atoms with Crippen LogP contribution in [0.25, 0.3) is 0 Å². The van der Waals surface area contributed by atoms with E-state index in [0.717, 1.165) is 16.8 Å². The first-order chi connectivity index (χ1) is 10.2. The summed E-state index contributed by atoms with van der Waals surface area (Å²) in [4.78, 5) is 0. The number of halogens is 1. The third-order valence-corrected chi connectivity index (χ3v) is 4.70. The summed E-state index contributed by atoms with van der Waals surface area (Å²) in [5, 5.41) is 3.85. The maximum atomic E-state index is 3.85. The predicted octanol–water partition coefficient (Wildman–Crippen LogP) is 5.12. The molecule has 1 nitrogen and oxygen atoms in total. The van der Waals surface area contributed by atoms with Crippen LogP contribution in [0.1, 0.15) is 36.9 Å². The summed E-state index contributed by atoms with van der Waals surface area (Å²) < 4.78 is 1.15. The molecule has 0 saturated heterocycles. The van der Waals surface area contributed by atoms with Crippen molar-refractivity contribution in [1.82, 2.24) is 5.32 Å². The van der Waals surface area contributed by atoms with Gasteiger partial charge in [-0.1, -0.05) is 58.4 Å². The Hall–Kier alpha value is -1.12. The van der Waals surface area contributed by atoms with Crippen molar-refractivity contribution < 1.29 is 0 Å². The first kappa shape index (κ1) is 14.8.